The van der Waals surface area contributed by atoms with Crippen molar-refractivity contribution in [3.05, 3.63) is 52.0 Å². The highest BCUT2D eigenvalue weighted by atomic mass is 79.9. The number of esters is 1. The molecule has 0 aliphatic rings. The van der Waals surface area contributed by atoms with Gasteiger partial charge < -0.3 is 14.2 Å². The molecule has 6 heteroatoms. The number of carbonyl (C=O) groups excluding carboxylic acids is 2. The number of aldehydes is 1. The van der Waals surface area contributed by atoms with Crippen LogP contribution in [-0.4, -0.2) is 25.0 Å². The lowest BCUT2D eigenvalue weighted by Crippen LogP contribution is -2.11. The summed E-state index contributed by atoms with van der Waals surface area (Å²) in [5.74, 6) is 0.726. The average molecular weight is 407 g/mol. The first-order valence-electron chi connectivity index (χ1n) is 7.85. The van der Waals surface area contributed by atoms with Crippen LogP contribution in [0.25, 0.3) is 0 Å². The summed E-state index contributed by atoms with van der Waals surface area (Å²) < 4.78 is 17.1. The number of ether oxygens (including phenoxy) is 3. The molecule has 0 amide bonds. The predicted octanol–water partition coefficient (Wildman–Crippen LogP) is 4.67. The molecule has 0 heterocycles. The van der Waals surface area contributed by atoms with Crippen molar-refractivity contribution in [2.75, 3.05) is 6.61 Å². The number of rotatable bonds is 7. The molecule has 0 fully saturated rings. The van der Waals surface area contributed by atoms with E-state index in [9.17, 15) is 9.59 Å². The zero-order valence-electron chi connectivity index (χ0n) is 14.2. The van der Waals surface area contributed by atoms with Gasteiger partial charge in [-0.2, -0.15) is 0 Å². The summed E-state index contributed by atoms with van der Waals surface area (Å²) in [5.41, 5.74) is 0.811. The molecule has 25 heavy (non-hydrogen) atoms. The highest BCUT2D eigenvalue weighted by molar-refractivity contribution is 9.10. The maximum atomic E-state index is 12.4. The van der Waals surface area contributed by atoms with Crippen molar-refractivity contribution in [2.45, 2.75) is 26.9 Å². The van der Waals surface area contributed by atoms with Crippen molar-refractivity contribution in [1.82, 2.24) is 0 Å². The number of hydrogen-bond donors (Lipinski definition) is 0. The van der Waals surface area contributed by atoms with Crippen LogP contribution in [0.4, 0.5) is 0 Å². The van der Waals surface area contributed by atoms with Gasteiger partial charge in [-0.1, -0.05) is 0 Å². The highest BCUT2D eigenvalue weighted by Gasteiger charge is 2.15. The van der Waals surface area contributed by atoms with Crippen LogP contribution in [0.3, 0.4) is 0 Å². The van der Waals surface area contributed by atoms with Gasteiger partial charge >= 0.3 is 5.97 Å². The van der Waals surface area contributed by atoms with Crippen LogP contribution >= 0.6 is 15.9 Å². The summed E-state index contributed by atoms with van der Waals surface area (Å²) in [5, 5.41) is 0. The highest BCUT2D eigenvalue weighted by Crippen LogP contribution is 2.30. The van der Waals surface area contributed by atoms with E-state index in [-0.39, 0.29) is 11.9 Å². The van der Waals surface area contributed by atoms with Crippen molar-refractivity contribution in [1.29, 1.82) is 0 Å². The molecule has 0 aromatic heterocycles. The molecule has 5 nitrogen and oxygen atoms in total. The SMILES string of the molecule is CCOc1cc(C=O)ccc1OC(=O)c1ccc(OC(C)C)c(Br)c1. The Bertz CT molecular complexity index is 770. The fourth-order valence-electron chi connectivity index (χ4n) is 2.09. The zero-order valence-corrected chi connectivity index (χ0v) is 15.8. The quantitative estimate of drug-likeness (QED) is 0.379. The lowest BCUT2D eigenvalue weighted by molar-refractivity contribution is 0.0728. The lowest BCUT2D eigenvalue weighted by atomic mass is 10.2. The van der Waals surface area contributed by atoms with E-state index in [0.29, 0.717) is 40.0 Å². The number of halogens is 1. The van der Waals surface area contributed by atoms with Crippen LogP contribution in [0.15, 0.2) is 40.9 Å². The van der Waals surface area contributed by atoms with Gasteiger partial charge in [0, 0.05) is 5.56 Å². The van der Waals surface area contributed by atoms with Gasteiger partial charge in [-0.05, 0) is 73.1 Å². The third-order valence-electron chi connectivity index (χ3n) is 3.14. The predicted molar refractivity (Wildman–Crippen MR) is 97.9 cm³/mol. The minimum absolute atomic E-state index is 0.0270. The van der Waals surface area contributed by atoms with Crippen LogP contribution in [0, 0.1) is 0 Å². The molecule has 132 valence electrons. The summed E-state index contributed by atoms with van der Waals surface area (Å²) >= 11 is 3.39. The van der Waals surface area contributed by atoms with E-state index in [1.54, 1.807) is 24.3 Å². The second-order valence-corrected chi connectivity index (χ2v) is 6.31. The monoisotopic (exact) mass is 406 g/mol. The first kappa shape index (κ1) is 19.0. The fourth-order valence-corrected chi connectivity index (χ4v) is 2.56. The Kier molecular flexibility index (Phi) is 6.58. The van der Waals surface area contributed by atoms with Gasteiger partial charge in [-0.25, -0.2) is 4.79 Å². The Morgan fingerprint density at radius 3 is 2.44 bits per heavy atom. The molecule has 2 rings (SSSR count). The summed E-state index contributed by atoms with van der Waals surface area (Å²) in [7, 11) is 0. The van der Waals surface area contributed by atoms with E-state index in [4.69, 9.17) is 14.2 Å². The second-order valence-electron chi connectivity index (χ2n) is 5.46. The van der Waals surface area contributed by atoms with Gasteiger partial charge in [-0.15, -0.1) is 0 Å². The third-order valence-corrected chi connectivity index (χ3v) is 3.76. The minimum atomic E-state index is -0.531. The van der Waals surface area contributed by atoms with Crippen LogP contribution in [-0.2, 0) is 0 Å². The van der Waals surface area contributed by atoms with E-state index in [0.717, 1.165) is 0 Å². The summed E-state index contributed by atoms with van der Waals surface area (Å²) in [6.45, 7) is 6.04. The molecule has 0 aliphatic heterocycles. The molecule has 0 aliphatic carbocycles. The number of benzene rings is 2. The molecule has 0 saturated carbocycles. The van der Waals surface area contributed by atoms with Gasteiger partial charge in [0.25, 0.3) is 0 Å². The van der Waals surface area contributed by atoms with Crippen molar-refractivity contribution in [3.63, 3.8) is 0 Å². The van der Waals surface area contributed by atoms with Crippen molar-refractivity contribution in [2.24, 2.45) is 0 Å². The molecular weight excluding hydrogens is 388 g/mol. The van der Waals surface area contributed by atoms with Crippen molar-refractivity contribution >= 4 is 28.2 Å². The van der Waals surface area contributed by atoms with Crippen molar-refractivity contribution in [3.8, 4) is 17.2 Å². The molecule has 0 bridgehead atoms. The zero-order chi connectivity index (χ0) is 18.4. The second kappa shape index (κ2) is 8.67. The van der Waals surface area contributed by atoms with E-state index < -0.39 is 5.97 Å². The first-order chi connectivity index (χ1) is 11.9. The molecule has 0 N–H and O–H groups in total. The standard InChI is InChI=1S/C19H19BrO5/c1-4-23-18-9-13(11-21)5-7-17(18)25-19(22)14-6-8-16(15(20)10-14)24-12(2)3/h5-12H,4H2,1-3H3. The van der Waals surface area contributed by atoms with Crippen LogP contribution in [0.5, 0.6) is 17.2 Å². The van der Waals surface area contributed by atoms with E-state index in [1.165, 1.54) is 12.1 Å². The Balaban J connectivity index is 2.22. The molecule has 2 aromatic carbocycles. The topological polar surface area (TPSA) is 61.8 Å². The third kappa shape index (κ3) is 5.06. The molecule has 0 spiro atoms. The van der Waals surface area contributed by atoms with Gasteiger partial charge in [0.1, 0.15) is 12.0 Å². The molecule has 0 unspecified atom stereocenters. The summed E-state index contributed by atoms with van der Waals surface area (Å²) in [6.07, 6.45) is 0.734. The molecule has 2 aromatic rings. The van der Waals surface area contributed by atoms with Gasteiger partial charge in [0.2, 0.25) is 0 Å². The Hall–Kier alpha value is -2.34. The lowest BCUT2D eigenvalue weighted by Gasteiger charge is -2.13. The number of carbonyl (C=O) groups is 2. The van der Waals surface area contributed by atoms with Crippen LogP contribution in [0.2, 0.25) is 0 Å². The van der Waals surface area contributed by atoms with Gasteiger partial charge in [0.05, 0.1) is 22.7 Å². The average Bonchev–Trinajstić information content (AvgIpc) is 2.58. The largest absolute Gasteiger partial charge is 0.490 e. The van der Waals surface area contributed by atoms with Crippen molar-refractivity contribution < 1.29 is 23.8 Å². The summed E-state index contributed by atoms with van der Waals surface area (Å²) in [6, 6.07) is 9.62. The summed E-state index contributed by atoms with van der Waals surface area (Å²) in [4.78, 5) is 23.3. The smallest absolute Gasteiger partial charge is 0.343 e. The van der Waals surface area contributed by atoms with Gasteiger partial charge in [-0.3, -0.25) is 4.79 Å². The maximum Gasteiger partial charge on any atom is 0.343 e. The molecule has 0 saturated heterocycles. The molecular formula is C19H19BrO5. The Morgan fingerprint density at radius 1 is 1.12 bits per heavy atom. The Labute approximate surface area is 155 Å². The van der Waals surface area contributed by atoms with Crippen LogP contribution < -0.4 is 14.2 Å². The minimum Gasteiger partial charge on any atom is -0.490 e. The van der Waals surface area contributed by atoms with E-state index in [2.05, 4.69) is 15.9 Å². The van der Waals surface area contributed by atoms with E-state index >= 15 is 0 Å². The Morgan fingerprint density at radius 2 is 1.84 bits per heavy atom. The van der Waals surface area contributed by atoms with Crippen LogP contribution in [0.1, 0.15) is 41.5 Å². The first-order valence-corrected chi connectivity index (χ1v) is 8.64. The maximum absolute atomic E-state index is 12.4. The van der Waals surface area contributed by atoms with Gasteiger partial charge in [0.15, 0.2) is 11.5 Å². The number of hydrogen-bond acceptors (Lipinski definition) is 5. The fraction of sp³-hybridized carbons (Fsp3) is 0.263. The normalized spacial score (nSPS) is 10.4. The molecule has 0 radical (unpaired) electrons. The molecule has 0 atom stereocenters. The van der Waals surface area contributed by atoms with E-state index in [1.807, 2.05) is 20.8 Å².